The Kier molecular flexibility index (Phi) is 4.80. The SMILES string of the molecule is COc1cccc([C@H](N)c2ccsc2)c1.Cl. The fourth-order valence-electron chi connectivity index (χ4n) is 1.48. The highest BCUT2D eigenvalue weighted by Gasteiger charge is 2.09. The number of halogens is 1. The van der Waals surface area contributed by atoms with Gasteiger partial charge in [0.2, 0.25) is 0 Å². The minimum atomic E-state index is -0.0636. The van der Waals surface area contributed by atoms with E-state index in [-0.39, 0.29) is 18.4 Å². The molecular weight excluding hydrogens is 242 g/mol. The zero-order valence-electron chi connectivity index (χ0n) is 8.92. The molecule has 0 saturated carbocycles. The summed E-state index contributed by atoms with van der Waals surface area (Å²) in [6.07, 6.45) is 0. The molecule has 1 aromatic heterocycles. The Bertz CT molecular complexity index is 430. The Morgan fingerprint density at radius 3 is 2.69 bits per heavy atom. The number of nitrogens with two attached hydrogens (primary N) is 1. The van der Waals surface area contributed by atoms with Crippen LogP contribution in [0.4, 0.5) is 0 Å². The fraction of sp³-hybridized carbons (Fsp3) is 0.167. The van der Waals surface area contributed by atoms with Crippen LogP contribution in [-0.2, 0) is 0 Å². The van der Waals surface area contributed by atoms with Gasteiger partial charge in [0.25, 0.3) is 0 Å². The van der Waals surface area contributed by atoms with Crippen LogP contribution in [0.15, 0.2) is 41.1 Å². The molecule has 2 nitrogen and oxygen atoms in total. The van der Waals surface area contributed by atoms with Crippen molar-refractivity contribution in [2.24, 2.45) is 5.73 Å². The lowest BCUT2D eigenvalue weighted by Gasteiger charge is -2.11. The average Bonchev–Trinajstić information content (AvgIpc) is 2.81. The van der Waals surface area contributed by atoms with E-state index in [0.29, 0.717) is 0 Å². The van der Waals surface area contributed by atoms with Gasteiger partial charge in [0, 0.05) is 0 Å². The molecule has 1 atom stereocenters. The van der Waals surface area contributed by atoms with Gasteiger partial charge < -0.3 is 10.5 Å². The smallest absolute Gasteiger partial charge is 0.119 e. The van der Waals surface area contributed by atoms with E-state index in [1.54, 1.807) is 18.4 Å². The highest BCUT2D eigenvalue weighted by Crippen LogP contribution is 2.24. The molecule has 1 heterocycles. The van der Waals surface area contributed by atoms with Gasteiger partial charge in [-0.05, 0) is 40.1 Å². The standard InChI is InChI=1S/C12H13NOS.ClH/c1-14-11-4-2-3-9(7-11)12(13)10-5-6-15-8-10;/h2-8,12H,13H2,1H3;1H/t12-;/m0./s1. The van der Waals surface area contributed by atoms with Crippen LogP contribution >= 0.6 is 23.7 Å². The Balaban J connectivity index is 0.00000128. The van der Waals surface area contributed by atoms with E-state index in [4.69, 9.17) is 10.5 Å². The molecule has 1 aromatic carbocycles. The second kappa shape index (κ2) is 5.89. The first-order valence-electron chi connectivity index (χ1n) is 4.73. The van der Waals surface area contributed by atoms with Gasteiger partial charge in [-0.1, -0.05) is 12.1 Å². The molecule has 0 aliphatic heterocycles. The Morgan fingerprint density at radius 2 is 2.06 bits per heavy atom. The predicted molar refractivity (Wildman–Crippen MR) is 70.6 cm³/mol. The first kappa shape index (κ1) is 13.0. The minimum absolute atomic E-state index is 0. The van der Waals surface area contributed by atoms with Crippen molar-refractivity contribution >= 4 is 23.7 Å². The van der Waals surface area contributed by atoms with Crippen molar-refractivity contribution in [1.29, 1.82) is 0 Å². The molecule has 0 radical (unpaired) electrons. The summed E-state index contributed by atoms with van der Waals surface area (Å²) < 4.78 is 5.17. The second-order valence-electron chi connectivity index (χ2n) is 3.31. The lowest BCUT2D eigenvalue weighted by atomic mass is 10.0. The van der Waals surface area contributed by atoms with E-state index in [0.717, 1.165) is 16.9 Å². The zero-order chi connectivity index (χ0) is 10.7. The van der Waals surface area contributed by atoms with Crippen LogP contribution in [-0.4, -0.2) is 7.11 Å². The maximum Gasteiger partial charge on any atom is 0.119 e. The maximum absolute atomic E-state index is 6.14. The van der Waals surface area contributed by atoms with Crippen LogP contribution < -0.4 is 10.5 Å². The molecule has 0 amide bonds. The van der Waals surface area contributed by atoms with E-state index in [2.05, 4.69) is 11.4 Å². The molecule has 0 spiro atoms. The molecule has 4 heteroatoms. The zero-order valence-corrected chi connectivity index (χ0v) is 10.6. The van der Waals surface area contributed by atoms with Crippen LogP contribution in [0.25, 0.3) is 0 Å². The third kappa shape index (κ3) is 2.76. The first-order valence-corrected chi connectivity index (χ1v) is 5.67. The summed E-state index contributed by atoms with van der Waals surface area (Å²) in [5.74, 6) is 0.846. The summed E-state index contributed by atoms with van der Waals surface area (Å²) in [4.78, 5) is 0. The molecule has 0 aliphatic carbocycles. The lowest BCUT2D eigenvalue weighted by Crippen LogP contribution is -2.10. The minimum Gasteiger partial charge on any atom is -0.497 e. The maximum atomic E-state index is 6.14. The number of hydrogen-bond donors (Lipinski definition) is 1. The number of ether oxygens (including phenoxy) is 1. The molecule has 0 bridgehead atoms. The van der Waals surface area contributed by atoms with Gasteiger partial charge in [-0.25, -0.2) is 0 Å². The topological polar surface area (TPSA) is 35.2 Å². The van der Waals surface area contributed by atoms with Crippen LogP contribution in [0.3, 0.4) is 0 Å². The van der Waals surface area contributed by atoms with Gasteiger partial charge in [-0.2, -0.15) is 11.3 Å². The van der Waals surface area contributed by atoms with Gasteiger partial charge in [0.1, 0.15) is 5.75 Å². The van der Waals surface area contributed by atoms with Crippen molar-refractivity contribution < 1.29 is 4.74 Å². The molecule has 0 aliphatic rings. The van der Waals surface area contributed by atoms with Crippen LogP contribution in [0.2, 0.25) is 0 Å². The van der Waals surface area contributed by atoms with Crippen LogP contribution in [0.1, 0.15) is 17.2 Å². The summed E-state index contributed by atoms with van der Waals surface area (Å²) in [6, 6.07) is 9.86. The third-order valence-electron chi connectivity index (χ3n) is 2.36. The van der Waals surface area contributed by atoms with Crippen molar-refractivity contribution in [3.63, 3.8) is 0 Å². The van der Waals surface area contributed by atoms with Crippen molar-refractivity contribution in [2.45, 2.75) is 6.04 Å². The van der Waals surface area contributed by atoms with Crippen molar-refractivity contribution in [3.05, 3.63) is 52.2 Å². The summed E-state index contributed by atoms with van der Waals surface area (Å²) in [5, 5.41) is 4.11. The highest BCUT2D eigenvalue weighted by atomic mass is 35.5. The number of benzene rings is 1. The van der Waals surface area contributed by atoms with E-state index in [9.17, 15) is 0 Å². The summed E-state index contributed by atoms with van der Waals surface area (Å²) >= 11 is 1.66. The van der Waals surface area contributed by atoms with Crippen molar-refractivity contribution in [2.75, 3.05) is 7.11 Å². The monoisotopic (exact) mass is 255 g/mol. The number of hydrogen-bond acceptors (Lipinski definition) is 3. The van der Waals surface area contributed by atoms with E-state index in [1.165, 1.54) is 0 Å². The molecule has 0 saturated heterocycles. The number of thiophene rings is 1. The van der Waals surface area contributed by atoms with E-state index >= 15 is 0 Å². The van der Waals surface area contributed by atoms with Gasteiger partial charge in [-0.15, -0.1) is 12.4 Å². The number of methoxy groups -OCH3 is 1. The molecular formula is C12H14ClNOS. The van der Waals surface area contributed by atoms with Gasteiger partial charge in [0.15, 0.2) is 0 Å². The molecule has 16 heavy (non-hydrogen) atoms. The van der Waals surface area contributed by atoms with Crippen LogP contribution in [0, 0.1) is 0 Å². The van der Waals surface area contributed by atoms with Crippen molar-refractivity contribution in [3.8, 4) is 5.75 Å². The molecule has 2 N–H and O–H groups in total. The number of rotatable bonds is 3. The largest absolute Gasteiger partial charge is 0.497 e. The van der Waals surface area contributed by atoms with Gasteiger partial charge >= 0.3 is 0 Å². The third-order valence-corrected chi connectivity index (χ3v) is 3.06. The normalized spacial score (nSPS) is 11.6. The second-order valence-corrected chi connectivity index (χ2v) is 4.09. The molecule has 2 rings (SSSR count). The summed E-state index contributed by atoms with van der Waals surface area (Å²) in [5.41, 5.74) is 8.36. The summed E-state index contributed by atoms with van der Waals surface area (Å²) in [7, 11) is 1.66. The average molecular weight is 256 g/mol. The molecule has 2 aromatic rings. The lowest BCUT2D eigenvalue weighted by molar-refractivity contribution is 0.414. The van der Waals surface area contributed by atoms with E-state index in [1.807, 2.05) is 29.6 Å². The van der Waals surface area contributed by atoms with Gasteiger partial charge in [-0.3, -0.25) is 0 Å². The highest BCUT2D eigenvalue weighted by molar-refractivity contribution is 7.08. The predicted octanol–water partition coefficient (Wildman–Crippen LogP) is 3.23. The Morgan fingerprint density at radius 1 is 1.25 bits per heavy atom. The Hall–Kier alpha value is -1.03. The van der Waals surface area contributed by atoms with Gasteiger partial charge in [0.05, 0.1) is 13.2 Å². The van der Waals surface area contributed by atoms with Crippen LogP contribution in [0.5, 0.6) is 5.75 Å². The molecule has 86 valence electrons. The summed E-state index contributed by atoms with van der Waals surface area (Å²) in [6.45, 7) is 0. The molecule has 0 unspecified atom stereocenters. The van der Waals surface area contributed by atoms with Crippen molar-refractivity contribution in [1.82, 2.24) is 0 Å². The molecule has 0 fully saturated rings. The Labute approximate surface area is 105 Å². The fourth-order valence-corrected chi connectivity index (χ4v) is 2.18. The van der Waals surface area contributed by atoms with E-state index < -0.39 is 0 Å². The first-order chi connectivity index (χ1) is 7.31. The quantitative estimate of drug-likeness (QED) is 0.914.